The number of thioether (sulfide) groups is 1. The molecule has 0 unspecified atom stereocenters. The summed E-state index contributed by atoms with van der Waals surface area (Å²) in [5.41, 5.74) is 5.06. The Morgan fingerprint density at radius 3 is 2.47 bits per heavy atom. The number of aryl methyl sites for hydroxylation is 2. The van der Waals surface area contributed by atoms with Gasteiger partial charge < -0.3 is 10.6 Å². The molecule has 36 heavy (non-hydrogen) atoms. The molecule has 0 bridgehead atoms. The SMILES string of the molecule is CC(=O)c1cccc(NC(=O)CSc2nnc(CNc3ccc(C)c(Cl)c3)n2-c2ccc(C)cc2)c1. The minimum atomic E-state index is -0.201. The van der Waals surface area contributed by atoms with Gasteiger partial charge in [0.05, 0.1) is 12.3 Å². The first-order valence-electron chi connectivity index (χ1n) is 11.3. The van der Waals surface area contributed by atoms with Crippen LogP contribution in [0, 0.1) is 13.8 Å². The van der Waals surface area contributed by atoms with E-state index in [1.807, 2.05) is 60.9 Å². The van der Waals surface area contributed by atoms with Gasteiger partial charge in [-0.1, -0.05) is 59.3 Å². The van der Waals surface area contributed by atoms with Crippen molar-refractivity contribution in [2.45, 2.75) is 32.5 Å². The minimum Gasteiger partial charge on any atom is -0.378 e. The number of amides is 1. The Morgan fingerprint density at radius 1 is 0.972 bits per heavy atom. The summed E-state index contributed by atoms with van der Waals surface area (Å²) in [5, 5.41) is 16.2. The van der Waals surface area contributed by atoms with E-state index in [9.17, 15) is 9.59 Å². The number of carbonyl (C=O) groups excluding carboxylic acids is 2. The van der Waals surface area contributed by atoms with E-state index >= 15 is 0 Å². The number of hydrogen-bond acceptors (Lipinski definition) is 6. The second-order valence-corrected chi connectivity index (χ2v) is 9.71. The normalized spacial score (nSPS) is 10.8. The summed E-state index contributed by atoms with van der Waals surface area (Å²) >= 11 is 7.56. The topological polar surface area (TPSA) is 88.9 Å². The van der Waals surface area contributed by atoms with Crippen molar-refractivity contribution in [2.75, 3.05) is 16.4 Å². The number of rotatable bonds is 9. The van der Waals surface area contributed by atoms with Crippen molar-refractivity contribution < 1.29 is 9.59 Å². The molecular formula is C27H26ClN5O2S. The highest BCUT2D eigenvalue weighted by atomic mass is 35.5. The maximum Gasteiger partial charge on any atom is 0.234 e. The van der Waals surface area contributed by atoms with Gasteiger partial charge in [0.25, 0.3) is 0 Å². The number of nitrogens with one attached hydrogen (secondary N) is 2. The fraction of sp³-hybridized carbons (Fsp3) is 0.185. The molecule has 1 aromatic heterocycles. The lowest BCUT2D eigenvalue weighted by Gasteiger charge is -2.12. The van der Waals surface area contributed by atoms with Gasteiger partial charge in [0, 0.05) is 27.6 Å². The highest BCUT2D eigenvalue weighted by Crippen LogP contribution is 2.25. The minimum absolute atomic E-state index is 0.0549. The average Bonchev–Trinajstić information content (AvgIpc) is 3.27. The lowest BCUT2D eigenvalue weighted by molar-refractivity contribution is -0.113. The van der Waals surface area contributed by atoms with Crippen LogP contribution in [0.25, 0.3) is 5.69 Å². The van der Waals surface area contributed by atoms with E-state index in [0.29, 0.717) is 33.8 Å². The van der Waals surface area contributed by atoms with Crippen LogP contribution in [-0.2, 0) is 11.3 Å². The molecule has 0 aliphatic carbocycles. The predicted molar refractivity (Wildman–Crippen MR) is 145 cm³/mol. The van der Waals surface area contributed by atoms with Crippen molar-refractivity contribution >= 4 is 46.4 Å². The van der Waals surface area contributed by atoms with Gasteiger partial charge >= 0.3 is 0 Å². The molecule has 0 spiro atoms. The van der Waals surface area contributed by atoms with Crippen molar-refractivity contribution in [3.63, 3.8) is 0 Å². The predicted octanol–water partition coefficient (Wildman–Crippen LogP) is 6.08. The Balaban J connectivity index is 1.51. The van der Waals surface area contributed by atoms with Gasteiger partial charge in [-0.2, -0.15) is 0 Å². The number of anilines is 2. The van der Waals surface area contributed by atoms with Crippen LogP contribution in [0.1, 0.15) is 34.2 Å². The van der Waals surface area contributed by atoms with Gasteiger partial charge in [0.1, 0.15) is 0 Å². The molecule has 0 fully saturated rings. The molecule has 4 aromatic rings. The van der Waals surface area contributed by atoms with Crippen molar-refractivity contribution in [1.82, 2.24) is 14.8 Å². The van der Waals surface area contributed by atoms with E-state index < -0.39 is 0 Å². The first kappa shape index (κ1) is 25.5. The number of hydrogen-bond donors (Lipinski definition) is 2. The molecule has 0 aliphatic heterocycles. The Labute approximate surface area is 219 Å². The van der Waals surface area contributed by atoms with Gasteiger partial charge in [-0.3, -0.25) is 14.2 Å². The highest BCUT2D eigenvalue weighted by Gasteiger charge is 2.16. The molecule has 0 saturated carbocycles. The van der Waals surface area contributed by atoms with Gasteiger partial charge in [0.15, 0.2) is 16.8 Å². The average molecular weight is 520 g/mol. The quantitative estimate of drug-likeness (QED) is 0.206. The first-order valence-corrected chi connectivity index (χ1v) is 12.7. The second-order valence-electron chi connectivity index (χ2n) is 8.36. The van der Waals surface area contributed by atoms with Crippen molar-refractivity contribution in [3.05, 3.63) is 94.3 Å². The summed E-state index contributed by atoms with van der Waals surface area (Å²) < 4.78 is 1.94. The molecule has 4 rings (SSSR count). The van der Waals surface area contributed by atoms with Crippen molar-refractivity contribution in [2.24, 2.45) is 0 Å². The Hall–Kier alpha value is -3.62. The maximum atomic E-state index is 12.6. The largest absolute Gasteiger partial charge is 0.378 e. The number of benzene rings is 3. The summed E-state index contributed by atoms with van der Waals surface area (Å²) in [6.45, 7) is 5.90. The first-order chi connectivity index (χ1) is 17.3. The molecule has 184 valence electrons. The third-order valence-corrected chi connectivity index (χ3v) is 6.84. The van der Waals surface area contributed by atoms with Gasteiger partial charge in [0.2, 0.25) is 5.91 Å². The summed E-state index contributed by atoms with van der Waals surface area (Å²) in [6.07, 6.45) is 0. The fourth-order valence-corrected chi connectivity index (χ4v) is 4.44. The standard InChI is InChI=1S/C27H26ClN5O2S/c1-17-7-11-23(12-8-17)33-25(15-29-21-10-9-18(2)24(28)14-21)31-32-27(33)36-16-26(35)30-22-6-4-5-20(13-22)19(3)34/h4-14,29H,15-16H2,1-3H3,(H,30,35). The molecule has 0 saturated heterocycles. The molecule has 7 nitrogen and oxygen atoms in total. The van der Waals surface area contributed by atoms with E-state index in [4.69, 9.17) is 11.6 Å². The van der Waals surface area contributed by atoms with Gasteiger partial charge in [-0.25, -0.2) is 0 Å². The van der Waals surface area contributed by atoms with E-state index in [2.05, 4.69) is 20.8 Å². The maximum absolute atomic E-state index is 12.6. The summed E-state index contributed by atoms with van der Waals surface area (Å²) in [6, 6.07) is 20.7. The molecule has 0 atom stereocenters. The van der Waals surface area contributed by atoms with E-state index in [1.54, 1.807) is 24.3 Å². The van der Waals surface area contributed by atoms with Crippen LogP contribution in [0.15, 0.2) is 71.9 Å². The number of halogens is 1. The lowest BCUT2D eigenvalue weighted by Crippen LogP contribution is -2.15. The van der Waals surface area contributed by atoms with Crippen LogP contribution < -0.4 is 10.6 Å². The van der Waals surface area contributed by atoms with Gasteiger partial charge in [-0.15, -0.1) is 10.2 Å². The van der Waals surface area contributed by atoms with Crippen LogP contribution in [0.2, 0.25) is 5.02 Å². The smallest absolute Gasteiger partial charge is 0.234 e. The zero-order valence-electron chi connectivity index (χ0n) is 20.2. The molecule has 1 amide bonds. The van der Waals surface area contributed by atoms with Crippen LogP contribution in [0.4, 0.5) is 11.4 Å². The Morgan fingerprint density at radius 2 is 1.75 bits per heavy atom. The summed E-state index contributed by atoms with van der Waals surface area (Å²) in [7, 11) is 0. The second kappa shape index (κ2) is 11.4. The lowest BCUT2D eigenvalue weighted by atomic mass is 10.1. The number of ketones is 1. The van der Waals surface area contributed by atoms with Crippen LogP contribution in [0.5, 0.6) is 0 Å². The molecule has 0 radical (unpaired) electrons. The van der Waals surface area contributed by atoms with Gasteiger partial charge in [-0.05, 0) is 62.7 Å². The zero-order valence-corrected chi connectivity index (χ0v) is 21.8. The molecular weight excluding hydrogens is 494 g/mol. The number of nitrogens with zero attached hydrogens (tertiary/aromatic N) is 3. The van der Waals surface area contributed by atoms with Crippen LogP contribution >= 0.6 is 23.4 Å². The zero-order chi connectivity index (χ0) is 25.7. The van der Waals surface area contributed by atoms with E-state index in [1.165, 1.54) is 18.7 Å². The highest BCUT2D eigenvalue weighted by molar-refractivity contribution is 7.99. The molecule has 0 aliphatic rings. The number of aromatic nitrogens is 3. The summed E-state index contributed by atoms with van der Waals surface area (Å²) in [5.74, 6) is 0.580. The summed E-state index contributed by atoms with van der Waals surface area (Å²) in [4.78, 5) is 24.3. The van der Waals surface area contributed by atoms with Crippen LogP contribution in [0.3, 0.4) is 0 Å². The van der Waals surface area contributed by atoms with E-state index in [0.717, 1.165) is 22.5 Å². The third-order valence-electron chi connectivity index (χ3n) is 5.50. The monoisotopic (exact) mass is 519 g/mol. The molecule has 3 aromatic carbocycles. The Bertz CT molecular complexity index is 1400. The fourth-order valence-electron chi connectivity index (χ4n) is 3.49. The molecule has 2 N–H and O–H groups in total. The van der Waals surface area contributed by atoms with Crippen molar-refractivity contribution in [1.29, 1.82) is 0 Å². The number of Topliss-reactive ketones (excluding diaryl/α,β-unsaturated/α-hetero) is 1. The number of carbonyl (C=O) groups is 2. The Kier molecular flexibility index (Phi) is 8.07. The molecule has 1 heterocycles. The van der Waals surface area contributed by atoms with Crippen molar-refractivity contribution in [3.8, 4) is 5.69 Å². The van der Waals surface area contributed by atoms with E-state index in [-0.39, 0.29) is 17.4 Å². The molecule has 9 heteroatoms. The third kappa shape index (κ3) is 6.33. The van der Waals surface area contributed by atoms with Crippen LogP contribution in [-0.4, -0.2) is 32.2 Å².